The highest BCUT2D eigenvalue weighted by atomic mass is 79.9. The summed E-state index contributed by atoms with van der Waals surface area (Å²) in [6.45, 7) is 5.17. The third-order valence-corrected chi connectivity index (χ3v) is 3.88. The Morgan fingerprint density at radius 2 is 1.63 bits per heavy atom. The second kappa shape index (κ2) is 7.31. The molecule has 0 unspecified atom stereocenters. The van der Waals surface area contributed by atoms with E-state index in [9.17, 15) is 8.78 Å². The maximum absolute atomic E-state index is 13.6. The predicted octanol–water partition coefficient (Wildman–Crippen LogP) is 2.87. The SMILES string of the molecule is Fc1cccc(F)c1CN1CCCN(CCBr)CC1. The Morgan fingerprint density at radius 3 is 2.32 bits per heavy atom. The van der Waals surface area contributed by atoms with Crippen LogP contribution in [0, 0.1) is 11.6 Å². The molecule has 1 aromatic carbocycles. The lowest BCUT2D eigenvalue weighted by Gasteiger charge is -2.21. The monoisotopic (exact) mass is 332 g/mol. The van der Waals surface area contributed by atoms with Crippen LogP contribution in [0.3, 0.4) is 0 Å². The minimum absolute atomic E-state index is 0.191. The largest absolute Gasteiger partial charge is 0.301 e. The highest BCUT2D eigenvalue weighted by molar-refractivity contribution is 9.09. The molecule has 0 bridgehead atoms. The van der Waals surface area contributed by atoms with E-state index in [1.54, 1.807) is 0 Å². The molecule has 2 rings (SSSR count). The van der Waals surface area contributed by atoms with Crippen molar-refractivity contribution < 1.29 is 8.78 Å². The summed E-state index contributed by atoms with van der Waals surface area (Å²) in [4.78, 5) is 4.52. The second-order valence-electron chi connectivity index (χ2n) is 4.86. The molecule has 5 heteroatoms. The average molecular weight is 333 g/mol. The van der Waals surface area contributed by atoms with Gasteiger partial charge in [0.2, 0.25) is 0 Å². The van der Waals surface area contributed by atoms with Gasteiger partial charge in [-0.1, -0.05) is 22.0 Å². The van der Waals surface area contributed by atoms with Crippen LogP contribution >= 0.6 is 15.9 Å². The molecule has 0 spiro atoms. The number of hydrogen-bond acceptors (Lipinski definition) is 2. The zero-order valence-electron chi connectivity index (χ0n) is 10.9. The van der Waals surface area contributed by atoms with Gasteiger partial charge in [0.25, 0.3) is 0 Å². The first-order valence-corrected chi connectivity index (χ1v) is 7.76. The van der Waals surface area contributed by atoms with Crippen LogP contribution in [0.2, 0.25) is 0 Å². The standard InChI is InChI=1S/C14H19BrF2N2/c15-5-8-18-6-2-7-19(10-9-18)11-12-13(16)3-1-4-14(12)17/h1,3-4H,2,5-11H2. The van der Waals surface area contributed by atoms with E-state index in [2.05, 4.69) is 25.7 Å². The normalized spacial score (nSPS) is 18.5. The third kappa shape index (κ3) is 4.23. The second-order valence-corrected chi connectivity index (χ2v) is 5.65. The Hall–Kier alpha value is -0.520. The van der Waals surface area contributed by atoms with Crippen molar-refractivity contribution in [3.8, 4) is 0 Å². The molecule has 1 fully saturated rings. The molecule has 2 nitrogen and oxygen atoms in total. The molecule has 0 N–H and O–H groups in total. The fourth-order valence-electron chi connectivity index (χ4n) is 2.43. The van der Waals surface area contributed by atoms with Gasteiger partial charge < -0.3 is 4.90 Å². The van der Waals surface area contributed by atoms with Gasteiger partial charge in [-0.25, -0.2) is 8.78 Å². The molecule has 1 aliphatic rings. The zero-order valence-corrected chi connectivity index (χ0v) is 12.5. The summed E-state index contributed by atoms with van der Waals surface area (Å²) in [6.07, 6.45) is 1.04. The lowest BCUT2D eigenvalue weighted by atomic mass is 10.2. The highest BCUT2D eigenvalue weighted by Gasteiger charge is 2.17. The Morgan fingerprint density at radius 1 is 1.00 bits per heavy atom. The molecule has 0 saturated carbocycles. The van der Waals surface area contributed by atoms with Gasteiger partial charge in [-0.3, -0.25) is 4.90 Å². The number of halogens is 3. The van der Waals surface area contributed by atoms with Crippen molar-refractivity contribution in [1.29, 1.82) is 0 Å². The van der Waals surface area contributed by atoms with Gasteiger partial charge in [0.05, 0.1) is 0 Å². The van der Waals surface area contributed by atoms with E-state index in [0.717, 1.165) is 44.5 Å². The van der Waals surface area contributed by atoms with Crippen molar-refractivity contribution in [3.05, 3.63) is 35.4 Å². The first kappa shape index (κ1) is 14.9. The maximum Gasteiger partial charge on any atom is 0.130 e. The van der Waals surface area contributed by atoms with Gasteiger partial charge >= 0.3 is 0 Å². The average Bonchev–Trinajstić information content (AvgIpc) is 2.60. The van der Waals surface area contributed by atoms with E-state index in [4.69, 9.17) is 0 Å². The molecule has 1 heterocycles. The molecule has 19 heavy (non-hydrogen) atoms. The molecule has 0 aliphatic carbocycles. The summed E-state index contributed by atoms with van der Waals surface area (Å²) >= 11 is 3.44. The summed E-state index contributed by atoms with van der Waals surface area (Å²) in [5.41, 5.74) is 0.191. The van der Waals surface area contributed by atoms with Crippen LogP contribution in [0.5, 0.6) is 0 Å². The van der Waals surface area contributed by atoms with Crippen molar-refractivity contribution >= 4 is 15.9 Å². The van der Waals surface area contributed by atoms with E-state index < -0.39 is 11.6 Å². The van der Waals surface area contributed by atoms with E-state index in [1.807, 2.05) is 0 Å². The Labute approximate surface area is 121 Å². The highest BCUT2D eigenvalue weighted by Crippen LogP contribution is 2.16. The Balaban J connectivity index is 1.96. The molecule has 0 radical (unpaired) electrons. The van der Waals surface area contributed by atoms with Gasteiger partial charge in [0.1, 0.15) is 11.6 Å². The van der Waals surface area contributed by atoms with E-state index in [-0.39, 0.29) is 5.56 Å². The molecule has 106 valence electrons. The quantitative estimate of drug-likeness (QED) is 0.782. The van der Waals surface area contributed by atoms with Crippen LogP contribution in [0.1, 0.15) is 12.0 Å². The van der Waals surface area contributed by atoms with Gasteiger partial charge in [0, 0.05) is 37.1 Å². The van der Waals surface area contributed by atoms with Crippen LogP contribution in [-0.4, -0.2) is 47.9 Å². The van der Waals surface area contributed by atoms with Crippen LogP contribution in [0.25, 0.3) is 0 Å². The summed E-state index contributed by atoms with van der Waals surface area (Å²) in [6, 6.07) is 4.06. The summed E-state index contributed by atoms with van der Waals surface area (Å²) in [7, 11) is 0. The molecule has 0 amide bonds. The minimum atomic E-state index is -0.443. The van der Waals surface area contributed by atoms with Crippen molar-refractivity contribution in [3.63, 3.8) is 0 Å². The van der Waals surface area contributed by atoms with Crippen molar-refractivity contribution in [2.75, 3.05) is 38.1 Å². The van der Waals surface area contributed by atoms with E-state index in [1.165, 1.54) is 18.2 Å². The molecule has 0 aromatic heterocycles. The zero-order chi connectivity index (χ0) is 13.7. The fourth-order valence-corrected chi connectivity index (χ4v) is 2.93. The number of rotatable bonds is 4. The van der Waals surface area contributed by atoms with E-state index in [0.29, 0.717) is 6.54 Å². The van der Waals surface area contributed by atoms with Gasteiger partial charge in [-0.15, -0.1) is 0 Å². The molecule has 1 aromatic rings. The Kier molecular flexibility index (Phi) is 5.73. The maximum atomic E-state index is 13.6. The molecule has 1 aliphatic heterocycles. The van der Waals surface area contributed by atoms with Crippen LogP contribution in [0.15, 0.2) is 18.2 Å². The van der Waals surface area contributed by atoms with Crippen molar-refractivity contribution in [2.45, 2.75) is 13.0 Å². The van der Waals surface area contributed by atoms with Crippen LogP contribution in [-0.2, 0) is 6.54 Å². The van der Waals surface area contributed by atoms with Crippen molar-refractivity contribution in [2.24, 2.45) is 0 Å². The fraction of sp³-hybridized carbons (Fsp3) is 0.571. The topological polar surface area (TPSA) is 6.48 Å². The Bertz CT molecular complexity index is 394. The number of benzene rings is 1. The van der Waals surface area contributed by atoms with Crippen molar-refractivity contribution in [1.82, 2.24) is 9.80 Å². The lowest BCUT2D eigenvalue weighted by Crippen LogP contribution is -2.32. The summed E-state index contributed by atoms with van der Waals surface area (Å²) in [5.74, 6) is -0.886. The summed E-state index contributed by atoms with van der Waals surface area (Å²) < 4.78 is 27.2. The van der Waals surface area contributed by atoms with E-state index >= 15 is 0 Å². The smallest absolute Gasteiger partial charge is 0.130 e. The molecular formula is C14H19BrF2N2. The predicted molar refractivity (Wildman–Crippen MR) is 76.5 cm³/mol. The number of nitrogens with zero attached hydrogens (tertiary/aromatic N) is 2. The lowest BCUT2D eigenvalue weighted by molar-refractivity contribution is 0.253. The molecular weight excluding hydrogens is 314 g/mol. The summed E-state index contributed by atoms with van der Waals surface area (Å²) in [5, 5.41) is 0.967. The molecule has 0 atom stereocenters. The first-order valence-electron chi connectivity index (χ1n) is 6.64. The van der Waals surface area contributed by atoms with Gasteiger partial charge in [-0.2, -0.15) is 0 Å². The van der Waals surface area contributed by atoms with Gasteiger partial charge in [-0.05, 0) is 31.6 Å². The first-order chi connectivity index (χ1) is 9.20. The minimum Gasteiger partial charge on any atom is -0.301 e. The molecule has 1 saturated heterocycles. The number of hydrogen-bond donors (Lipinski definition) is 0. The van der Waals surface area contributed by atoms with Gasteiger partial charge in [0.15, 0.2) is 0 Å². The van der Waals surface area contributed by atoms with Crippen LogP contribution in [0.4, 0.5) is 8.78 Å². The van der Waals surface area contributed by atoms with Crippen LogP contribution < -0.4 is 0 Å². The number of alkyl halides is 1. The third-order valence-electron chi connectivity index (χ3n) is 3.53.